The van der Waals surface area contributed by atoms with Crippen molar-refractivity contribution in [3.05, 3.63) is 69.6 Å². The normalized spacial score (nSPS) is 12.8. The highest BCUT2D eigenvalue weighted by atomic mass is 32.2. The maximum atomic E-state index is 12.8. The number of rotatable bonds is 6. The molecule has 0 radical (unpaired) electrons. The second-order valence-corrected chi connectivity index (χ2v) is 9.59. The Kier molecular flexibility index (Phi) is 6.33. The lowest BCUT2D eigenvalue weighted by atomic mass is 10.1. The van der Waals surface area contributed by atoms with Crippen molar-refractivity contribution in [3.63, 3.8) is 0 Å². The molecule has 164 valence electrons. The third kappa shape index (κ3) is 4.86. The van der Waals surface area contributed by atoms with Crippen LogP contribution in [0.3, 0.4) is 0 Å². The predicted molar refractivity (Wildman–Crippen MR) is 118 cm³/mol. The quantitative estimate of drug-likeness (QED) is 0.355. The van der Waals surface area contributed by atoms with Crippen molar-refractivity contribution < 1.29 is 22.4 Å². The zero-order chi connectivity index (χ0) is 22.9. The Morgan fingerprint density at radius 2 is 1.65 bits per heavy atom. The van der Waals surface area contributed by atoms with Gasteiger partial charge in [0.05, 0.1) is 4.90 Å². The summed E-state index contributed by atoms with van der Waals surface area (Å²) in [4.78, 5) is 24.8. The number of aryl methyl sites for hydroxylation is 2. The van der Waals surface area contributed by atoms with Gasteiger partial charge in [0.15, 0.2) is 0 Å². The number of fused-ring (bicyclic) bond motifs is 1. The van der Waals surface area contributed by atoms with E-state index in [-0.39, 0.29) is 16.6 Å². The van der Waals surface area contributed by atoms with Crippen LogP contribution in [0.1, 0.15) is 30.5 Å². The highest BCUT2D eigenvalue weighted by molar-refractivity contribution is 7.89. The van der Waals surface area contributed by atoms with E-state index in [1.165, 1.54) is 18.2 Å². The van der Waals surface area contributed by atoms with Gasteiger partial charge in [-0.2, -0.15) is 4.72 Å². The highest BCUT2D eigenvalue weighted by Gasteiger charge is 2.30. The van der Waals surface area contributed by atoms with Crippen LogP contribution in [0.2, 0.25) is 0 Å². The average Bonchev–Trinajstić information content (AvgIpc) is 2.70. The number of carbonyl (C=O) groups excluding carboxylic acids is 1. The second kappa shape index (κ2) is 8.64. The van der Waals surface area contributed by atoms with E-state index in [1.807, 2.05) is 13.8 Å². The SMILES string of the molecule is Cc1ccc(S(=O)(=O)N[C@@H](C(=O)Oc2ccc3c(C)c(C)c(=O)oc3c2)C(C)C)cc1. The number of benzene rings is 2. The van der Waals surface area contributed by atoms with Crippen molar-refractivity contribution in [1.82, 2.24) is 4.72 Å². The molecule has 0 aliphatic rings. The number of esters is 1. The fourth-order valence-electron chi connectivity index (χ4n) is 3.08. The van der Waals surface area contributed by atoms with Gasteiger partial charge in [-0.15, -0.1) is 0 Å². The minimum atomic E-state index is -3.92. The van der Waals surface area contributed by atoms with Crippen LogP contribution < -0.4 is 15.1 Å². The fourth-order valence-corrected chi connectivity index (χ4v) is 4.41. The van der Waals surface area contributed by atoms with E-state index in [4.69, 9.17) is 9.15 Å². The minimum Gasteiger partial charge on any atom is -0.425 e. The van der Waals surface area contributed by atoms with Gasteiger partial charge in [-0.3, -0.25) is 0 Å². The maximum absolute atomic E-state index is 12.8. The first-order valence-corrected chi connectivity index (χ1v) is 11.3. The van der Waals surface area contributed by atoms with Gasteiger partial charge in [-0.1, -0.05) is 31.5 Å². The largest absolute Gasteiger partial charge is 0.425 e. The standard InChI is InChI=1S/C23H25NO6S/c1-13(2)21(24-31(27,28)18-9-6-14(3)7-10-18)23(26)29-17-8-11-19-15(4)16(5)22(25)30-20(19)12-17/h6-13,21,24H,1-5H3/t21-/m1/s1. The molecule has 1 aromatic heterocycles. The predicted octanol–water partition coefficient (Wildman–Crippen LogP) is 3.63. The third-order valence-electron chi connectivity index (χ3n) is 5.18. The molecule has 7 nitrogen and oxygen atoms in total. The van der Waals surface area contributed by atoms with Crippen molar-refractivity contribution >= 4 is 27.0 Å². The first kappa shape index (κ1) is 22.7. The maximum Gasteiger partial charge on any atom is 0.339 e. The summed E-state index contributed by atoms with van der Waals surface area (Å²) in [6, 6.07) is 9.96. The molecular formula is C23H25NO6S. The molecule has 2 aromatic carbocycles. The molecule has 1 heterocycles. The summed E-state index contributed by atoms with van der Waals surface area (Å²) in [5.74, 6) is -0.962. The second-order valence-electron chi connectivity index (χ2n) is 7.87. The summed E-state index contributed by atoms with van der Waals surface area (Å²) < 4.78 is 38.6. The van der Waals surface area contributed by atoms with E-state index in [0.717, 1.165) is 16.5 Å². The Morgan fingerprint density at radius 3 is 2.26 bits per heavy atom. The van der Waals surface area contributed by atoms with Crippen LogP contribution >= 0.6 is 0 Å². The van der Waals surface area contributed by atoms with Crippen molar-refractivity contribution in [2.24, 2.45) is 5.92 Å². The molecule has 0 amide bonds. The number of sulfonamides is 1. The van der Waals surface area contributed by atoms with Gasteiger partial charge >= 0.3 is 11.6 Å². The van der Waals surface area contributed by atoms with Gasteiger partial charge in [0.25, 0.3) is 0 Å². The Balaban J connectivity index is 1.86. The minimum absolute atomic E-state index is 0.0647. The monoisotopic (exact) mass is 443 g/mol. The first-order valence-electron chi connectivity index (χ1n) is 9.84. The Morgan fingerprint density at radius 1 is 1.00 bits per heavy atom. The molecule has 0 saturated carbocycles. The van der Waals surface area contributed by atoms with Crippen LogP contribution in [-0.4, -0.2) is 20.4 Å². The molecule has 1 atom stereocenters. The zero-order valence-electron chi connectivity index (χ0n) is 18.1. The molecular weight excluding hydrogens is 418 g/mol. The third-order valence-corrected chi connectivity index (χ3v) is 6.64. The van der Waals surface area contributed by atoms with Crippen molar-refractivity contribution in [2.75, 3.05) is 0 Å². The van der Waals surface area contributed by atoms with Crippen molar-refractivity contribution in [1.29, 1.82) is 0 Å². The molecule has 0 unspecified atom stereocenters. The molecule has 0 spiro atoms. The molecule has 0 aliphatic carbocycles. The van der Waals surface area contributed by atoms with E-state index >= 15 is 0 Å². The summed E-state index contributed by atoms with van der Waals surface area (Å²) in [7, 11) is -3.92. The molecule has 0 fully saturated rings. The van der Waals surface area contributed by atoms with Crippen LogP contribution in [-0.2, 0) is 14.8 Å². The van der Waals surface area contributed by atoms with Crippen LogP contribution in [0.25, 0.3) is 11.0 Å². The molecule has 0 aliphatic heterocycles. The van der Waals surface area contributed by atoms with Gasteiger partial charge in [-0.05, 0) is 56.5 Å². The number of carbonyl (C=O) groups is 1. The van der Waals surface area contributed by atoms with Crippen LogP contribution in [0.5, 0.6) is 5.75 Å². The van der Waals surface area contributed by atoms with Gasteiger partial charge in [0.1, 0.15) is 17.4 Å². The van der Waals surface area contributed by atoms with Gasteiger partial charge in [0, 0.05) is 17.0 Å². The summed E-state index contributed by atoms with van der Waals surface area (Å²) >= 11 is 0. The lowest BCUT2D eigenvalue weighted by Gasteiger charge is -2.21. The van der Waals surface area contributed by atoms with E-state index in [1.54, 1.807) is 45.0 Å². The molecule has 3 rings (SSSR count). The Labute approximate surface area is 181 Å². The molecule has 0 saturated heterocycles. The van der Waals surface area contributed by atoms with Crippen LogP contribution in [0.4, 0.5) is 0 Å². The summed E-state index contributed by atoms with van der Waals surface area (Å²) in [5.41, 5.74) is 2.06. The van der Waals surface area contributed by atoms with E-state index in [0.29, 0.717) is 11.1 Å². The number of ether oxygens (including phenoxy) is 1. The Hall–Kier alpha value is -2.97. The molecule has 3 aromatic rings. The van der Waals surface area contributed by atoms with Gasteiger partial charge in [0.2, 0.25) is 10.0 Å². The summed E-state index contributed by atoms with van der Waals surface area (Å²) in [6.07, 6.45) is 0. The smallest absolute Gasteiger partial charge is 0.339 e. The number of hydrogen-bond donors (Lipinski definition) is 1. The Bertz CT molecular complexity index is 1290. The number of nitrogens with one attached hydrogen (secondary N) is 1. The molecule has 31 heavy (non-hydrogen) atoms. The fraction of sp³-hybridized carbons (Fsp3) is 0.304. The number of hydrogen-bond acceptors (Lipinski definition) is 6. The van der Waals surface area contributed by atoms with Crippen LogP contribution in [0.15, 0.2) is 56.6 Å². The van der Waals surface area contributed by atoms with E-state index in [2.05, 4.69) is 4.72 Å². The lowest BCUT2D eigenvalue weighted by molar-refractivity contribution is -0.137. The molecule has 0 bridgehead atoms. The van der Waals surface area contributed by atoms with Gasteiger partial charge in [-0.25, -0.2) is 18.0 Å². The topological polar surface area (TPSA) is 103 Å². The zero-order valence-corrected chi connectivity index (χ0v) is 18.9. The highest BCUT2D eigenvalue weighted by Crippen LogP contribution is 2.24. The van der Waals surface area contributed by atoms with Crippen LogP contribution in [0, 0.1) is 26.7 Å². The molecule has 1 N–H and O–H groups in total. The molecule has 8 heteroatoms. The summed E-state index contributed by atoms with van der Waals surface area (Å²) in [5, 5.41) is 0.734. The van der Waals surface area contributed by atoms with Crippen molar-refractivity contribution in [3.8, 4) is 5.75 Å². The first-order chi connectivity index (χ1) is 14.5. The van der Waals surface area contributed by atoms with Crippen molar-refractivity contribution in [2.45, 2.75) is 45.6 Å². The van der Waals surface area contributed by atoms with Gasteiger partial charge < -0.3 is 9.15 Å². The summed E-state index contributed by atoms with van der Waals surface area (Å²) in [6.45, 7) is 8.79. The van der Waals surface area contributed by atoms with E-state index < -0.39 is 27.7 Å². The average molecular weight is 444 g/mol. The van der Waals surface area contributed by atoms with E-state index in [9.17, 15) is 18.0 Å². The lowest BCUT2D eigenvalue weighted by Crippen LogP contribution is -2.46.